The van der Waals surface area contributed by atoms with Gasteiger partial charge in [0.1, 0.15) is 16.8 Å². The zero-order valence-electron chi connectivity index (χ0n) is 30.6. The van der Waals surface area contributed by atoms with Crippen molar-refractivity contribution in [3.05, 3.63) is 77.7 Å². The van der Waals surface area contributed by atoms with Crippen molar-refractivity contribution in [3.63, 3.8) is 0 Å². The molecule has 4 amide bonds. The van der Waals surface area contributed by atoms with Crippen molar-refractivity contribution < 1.29 is 27.7 Å². The number of nitrogen functional groups attached to an aromatic ring is 2. The van der Waals surface area contributed by atoms with Crippen LogP contribution in [0.2, 0.25) is 5.15 Å². The van der Waals surface area contributed by atoms with Gasteiger partial charge in [0, 0.05) is 61.0 Å². The predicted molar refractivity (Wildman–Crippen MR) is 205 cm³/mol. The molecular weight excluding hydrogens is 721 g/mol. The molecule has 2 aromatic heterocycles. The molecular formula is C36H44BClF2N10O4. The van der Waals surface area contributed by atoms with E-state index in [1.807, 2.05) is 27.7 Å². The first-order valence-corrected chi connectivity index (χ1v) is 17.9. The number of nitrogens with zero attached hydrogens (tertiary/aromatic N) is 6. The van der Waals surface area contributed by atoms with Gasteiger partial charge in [-0.15, -0.1) is 0 Å². The van der Waals surface area contributed by atoms with E-state index in [1.54, 1.807) is 40.1 Å². The van der Waals surface area contributed by atoms with Crippen LogP contribution in [0.5, 0.6) is 0 Å². The van der Waals surface area contributed by atoms with E-state index >= 15 is 0 Å². The summed E-state index contributed by atoms with van der Waals surface area (Å²) in [7, 11) is -0.793. The Bertz CT molecular complexity index is 1910. The Labute approximate surface area is 318 Å². The number of aromatic nitrogens is 4. The molecule has 7 rings (SSSR count). The summed E-state index contributed by atoms with van der Waals surface area (Å²) in [4.78, 5) is 42.8. The van der Waals surface area contributed by atoms with Crippen molar-refractivity contribution in [2.45, 2.75) is 64.6 Å². The molecule has 3 aliphatic heterocycles. The van der Waals surface area contributed by atoms with Gasteiger partial charge in [-0.2, -0.15) is 0 Å². The average Bonchev–Trinajstić information content (AvgIpc) is 3.89. The quantitative estimate of drug-likeness (QED) is 0.143. The lowest BCUT2D eigenvalue weighted by Gasteiger charge is -2.32. The fraction of sp³-hybridized carbons (Fsp3) is 0.389. The second-order valence-electron chi connectivity index (χ2n) is 13.8. The van der Waals surface area contributed by atoms with Gasteiger partial charge in [-0.3, -0.25) is 0 Å². The van der Waals surface area contributed by atoms with Crippen LogP contribution in [0.25, 0.3) is 11.3 Å². The Balaban J connectivity index is 0.000000173. The molecule has 0 unspecified atom stereocenters. The van der Waals surface area contributed by atoms with Gasteiger partial charge in [0.2, 0.25) is 11.9 Å². The first kappa shape index (κ1) is 40.1. The number of rotatable bonds is 4. The molecule has 0 spiro atoms. The van der Waals surface area contributed by atoms with Crippen molar-refractivity contribution in [3.8, 4) is 11.3 Å². The van der Waals surface area contributed by atoms with Crippen molar-refractivity contribution in [2.24, 2.45) is 0 Å². The van der Waals surface area contributed by atoms with Gasteiger partial charge in [-0.1, -0.05) is 11.6 Å². The van der Waals surface area contributed by atoms with Crippen LogP contribution in [0.1, 0.15) is 53.4 Å². The van der Waals surface area contributed by atoms with Crippen LogP contribution in [0.3, 0.4) is 0 Å². The second kappa shape index (κ2) is 17.3. The van der Waals surface area contributed by atoms with Crippen molar-refractivity contribution >= 4 is 59.5 Å². The van der Waals surface area contributed by atoms with Crippen LogP contribution in [0.15, 0.2) is 60.9 Å². The highest BCUT2D eigenvalue weighted by Gasteiger charge is 2.52. The van der Waals surface area contributed by atoms with E-state index in [9.17, 15) is 18.4 Å². The lowest BCUT2D eigenvalue weighted by molar-refractivity contribution is 0.00578. The average molecular weight is 765 g/mol. The number of carbonyl (C=O) groups is 2. The maximum Gasteiger partial charge on any atom is 0.497 e. The molecule has 18 heteroatoms. The third-order valence-electron chi connectivity index (χ3n) is 9.35. The molecule has 4 aromatic rings. The summed E-state index contributed by atoms with van der Waals surface area (Å²) in [5, 5.41) is 5.98. The van der Waals surface area contributed by atoms with Crippen LogP contribution in [0, 0.1) is 11.6 Å². The third-order valence-corrected chi connectivity index (χ3v) is 9.56. The molecule has 14 nitrogen and oxygen atoms in total. The summed E-state index contributed by atoms with van der Waals surface area (Å²) in [6.07, 6.45) is 7.05. The number of urea groups is 2. The molecule has 2 aromatic carbocycles. The van der Waals surface area contributed by atoms with Gasteiger partial charge in [0.15, 0.2) is 0 Å². The van der Waals surface area contributed by atoms with E-state index in [-0.39, 0.29) is 29.5 Å². The Morgan fingerprint density at radius 3 is 1.70 bits per heavy atom. The van der Waals surface area contributed by atoms with Gasteiger partial charge in [-0.05, 0) is 102 Å². The SMILES string of the molecule is CC1(C)OB(c2cc(NC(=O)N3CCCC3)ccc2F)OC1(C)C.Nc1nccc(-c2cc(NC(=O)N3CCCC3)ccc2F)n1.Nc1nccc(Cl)n1. The summed E-state index contributed by atoms with van der Waals surface area (Å²) < 4.78 is 40.1. The van der Waals surface area contributed by atoms with Crippen LogP contribution in [-0.4, -0.2) is 86.3 Å². The Hall–Kier alpha value is -5.13. The van der Waals surface area contributed by atoms with Crippen LogP contribution in [-0.2, 0) is 9.31 Å². The normalized spacial score (nSPS) is 16.9. The van der Waals surface area contributed by atoms with E-state index in [4.69, 9.17) is 32.4 Å². The zero-order valence-corrected chi connectivity index (χ0v) is 31.4. The van der Waals surface area contributed by atoms with E-state index in [2.05, 4.69) is 30.6 Å². The number of amides is 4. The molecule has 6 N–H and O–H groups in total. The number of hydrogen-bond acceptors (Lipinski definition) is 10. The summed E-state index contributed by atoms with van der Waals surface area (Å²) >= 11 is 5.41. The zero-order chi connectivity index (χ0) is 39.0. The topological polar surface area (TPSA) is 187 Å². The summed E-state index contributed by atoms with van der Waals surface area (Å²) in [5.41, 5.74) is 11.6. The van der Waals surface area contributed by atoms with E-state index in [1.165, 1.54) is 30.6 Å². The van der Waals surface area contributed by atoms with E-state index in [0.717, 1.165) is 51.9 Å². The second-order valence-corrected chi connectivity index (χ2v) is 14.2. The van der Waals surface area contributed by atoms with Gasteiger partial charge < -0.3 is 41.2 Å². The highest BCUT2D eigenvalue weighted by Crippen LogP contribution is 2.37. The number of nitrogens with two attached hydrogens (primary N) is 2. The standard InChI is InChI=1S/C17H24BFN2O3.C15H16FN5O.C4H4ClN3/c1-16(2)17(3,4)24-18(23-16)13-11-12(7-8-14(13)19)20-15(22)21-9-5-6-10-21;16-12-4-3-10(19-15(22)21-7-1-2-8-21)9-11(12)13-5-6-18-14(17)20-13;5-3-1-2-7-4(6)8-3/h7-8,11H,5-6,9-10H2,1-4H3,(H,20,22);3-6,9H,1-2,7-8H2,(H,19,22)(H2,17,18,20);1-2H,(H2,6,7,8). The van der Waals surface area contributed by atoms with E-state index in [0.29, 0.717) is 27.7 Å². The number of carbonyl (C=O) groups excluding carboxylic acids is 2. The molecule has 0 radical (unpaired) electrons. The summed E-state index contributed by atoms with van der Waals surface area (Å²) in [5.74, 6) is -0.564. The largest absolute Gasteiger partial charge is 0.497 e. The predicted octanol–water partition coefficient (Wildman–Crippen LogP) is 5.96. The number of anilines is 4. The highest BCUT2D eigenvalue weighted by molar-refractivity contribution is 6.62. The van der Waals surface area contributed by atoms with Crippen molar-refractivity contribution in [2.75, 3.05) is 48.3 Å². The van der Waals surface area contributed by atoms with Gasteiger partial charge in [0.05, 0.1) is 16.9 Å². The fourth-order valence-corrected chi connectivity index (χ4v) is 5.83. The molecule has 286 valence electrons. The maximum atomic E-state index is 14.3. The smallest absolute Gasteiger partial charge is 0.399 e. The van der Waals surface area contributed by atoms with Gasteiger partial charge >= 0.3 is 19.2 Å². The number of likely N-dealkylation sites (tertiary alicyclic amines) is 2. The summed E-state index contributed by atoms with van der Waals surface area (Å²) in [6.45, 7) is 10.7. The highest BCUT2D eigenvalue weighted by atomic mass is 35.5. The van der Waals surface area contributed by atoms with Gasteiger partial charge in [-0.25, -0.2) is 38.3 Å². The van der Waals surface area contributed by atoms with Crippen LogP contribution < -0.4 is 27.6 Å². The van der Waals surface area contributed by atoms with Crippen molar-refractivity contribution in [1.82, 2.24) is 29.7 Å². The molecule has 3 saturated heterocycles. The number of nitrogens with one attached hydrogen (secondary N) is 2. The molecule has 0 aliphatic carbocycles. The molecule has 0 atom stereocenters. The monoisotopic (exact) mass is 764 g/mol. The minimum absolute atomic E-state index is 0.0726. The van der Waals surface area contributed by atoms with E-state index < -0.39 is 30.0 Å². The summed E-state index contributed by atoms with van der Waals surface area (Å²) in [6, 6.07) is 11.7. The molecule has 3 aliphatic rings. The first-order valence-electron chi connectivity index (χ1n) is 17.5. The third kappa shape index (κ3) is 10.3. The molecule has 5 heterocycles. The molecule has 0 saturated carbocycles. The molecule has 0 bridgehead atoms. The van der Waals surface area contributed by atoms with Gasteiger partial charge in [0.25, 0.3) is 0 Å². The number of halogens is 3. The molecule has 3 fully saturated rings. The first-order chi connectivity index (χ1) is 25.6. The molecule has 54 heavy (non-hydrogen) atoms. The lowest BCUT2D eigenvalue weighted by atomic mass is 9.78. The van der Waals surface area contributed by atoms with Crippen molar-refractivity contribution in [1.29, 1.82) is 0 Å². The van der Waals surface area contributed by atoms with Crippen LogP contribution >= 0.6 is 11.6 Å². The Morgan fingerprint density at radius 2 is 1.22 bits per heavy atom. The number of hydrogen-bond donors (Lipinski definition) is 4. The minimum Gasteiger partial charge on any atom is -0.399 e. The lowest BCUT2D eigenvalue weighted by Crippen LogP contribution is -2.41. The maximum absolute atomic E-state index is 14.3. The minimum atomic E-state index is -0.793. The Kier molecular flexibility index (Phi) is 12.9. The Morgan fingerprint density at radius 1 is 0.741 bits per heavy atom. The fourth-order valence-electron chi connectivity index (χ4n) is 5.69. The number of benzene rings is 2. The van der Waals surface area contributed by atoms with Crippen LogP contribution in [0.4, 0.5) is 41.6 Å².